The first-order valence-corrected chi connectivity index (χ1v) is 31.6. The van der Waals surface area contributed by atoms with Crippen molar-refractivity contribution < 1.29 is 0 Å². The Bertz CT molecular complexity index is 2780. The first-order chi connectivity index (χ1) is 32.5. The predicted octanol–water partition coefficient (Wildman–Crippen LogP) is 16.2. The van der Waals surface area contributed by atoms with Crippen LogP contribution in [-0.4, -0.2) is 18.4 Å². The second kappa shape index (κ2) is 15.9. The van der Waals surface area contributed by atoms with Gasteiger partial charge in [-0.2, -0.15) is 0 Å². The number of hydrogen-bond donors (Lipinski definition) is 0. The van der Waals surface area contributed by atoms with Gasteiger partial charge in [-0.3, -0.25) is 0 Å². The zero-order valence-electron chi connectivity index (χ0n) is 45.6. The summed E-state index contributed by atoms with van der Waals surface area (Å²) in [5.74, 6) is 0. The molecule has 0 aliphatic carbocycles. The quantitative estimate of drug-likeness (QED) is 0.163. The van der Waals surface area contributed by atoms with Crippen LogP contribution in [0.5, 0.6) is 0 Å². The zero-order valence-corrected chi connectivity index (χ0v) is 48.5. The second-order valence-electron chi connectivity index (χ2n) is 26.9. The molecule has 3 aliphatic rings. The summed E-state index contributed by atoms with van der Waals surface area (Å²) in [5.41, 5.74) is 19.2. The maximum atomic E-state index is 2.70. The van der Waals surface area contributed by atoms with E-state index in [2.05, 4.69) is 279 Å². The molecule has 7 aromatic rings. The van der Waals surface area contributed by atoms with E-state index in [1.54, 1.807) is 0 Å². The van der Waals surface area contributed by atoms with Crippen LogP contribution in [-0.2, 0) is 32.5 Å². The minimum absolute atomic E-state index is 0.0219. The predicted molar refractivity (Wildman–Crippen MR) is 307 cm³/mol. The van der Waals surface area contributed by atoms with E-state index < -0.39 is 18.4 Å². The molecule has 0 fully saturated rings. The van der Waals surface area contributed by atoms with Gasteiger partial charge in [-0.25, -0.2) is 0 Å². The van der Waals surface area contributed by atoms with Crippen LogP contribution >= 0.6 is 0 Å². The maximum absolute atomic E-state index is 4.55. The van der Waals surface area contributed by atoms with Gasteiger partial charge in [-0.1, -0.05) is 0 Å². The summed E-state index contributed by atoms with van der Waals surface area (Å²) in [6, 6.07) is 56.2. The van der Waals surface area contributed by atoms with Crippen LogP contribution in [0, 0.1) is 0 Å². The van der Waals surface area contributed by atoms with Gasteiger partial charge in [-0.15, -0.1) is 0 Å². The number of hydrogen-bond acceptors (Lipinski definition) is 3. The number of rotatable bonds is 4. The molecule has 0 amide bonds. The Labute approximate surface area is 425 Å². The topological polar surface area (TPSA) is 9.72 Å². The Balaban J connectivity index is 1.48. The van der Waals surface area contributed by atoms with Crippen molar-refractivity contribution in [2.45, 2.75) is 157 Å². The van der Waals surface area contributed by atoms with E-state index in [-0.39, 0.29) is 32.5 Å². The van der Waals surface area contributed by atoms with Crippen LogP contribution in [0.25, 0.3) is 0 Å². The number of anilines is 9. The normalized spacial score (nSPS) is 15.3. The Morgan fingerprint density at radius 2 is 0.471 bits per heavy atom. The minimum atomic E-state index is -4.55. The fourth-order valence-electron chi connectivity index (χ4n) is 11.4. The summed E-state index contributed by atoms with van der Waals surface area (Å²) in [6.45, 7) is 42.5. The van der Waals surface area contributed by atoms with Crippen molar-refractivity contribution in [2.24, 2.45) is 0 Å². The third-order valence-electron chi connectivity index (χ3n) is 15.6. The van der Waals surface area contributed by atoms with Crippen molar-refractivity contribution in [3.8, 4) is 0 Å². The van der Waals surface area contributed by atoms with Gasteiger partial charge in [0.2, 0.25) is 0 Å². The van der Waals surface area contributed by atoms with Gasteiger partial charge in [0, 0.05) is 0 Å². The molecular weight excluding hydrogens is 953 g/mol. The molecule has 7 aromatic carbocycles. The summed E-state index contributed by atoms with van der Waals surface area (Å²) < 4.78 is 6.09. The average molecular weight is 1030 g/mol. The van der Waals surface area contributed by atoms with Crippen molar-refractivity contribution in [1.29, 1.82) is 0 Å². The molecule has 0 radical (unpaired) electrons. The number of nitrogens with zero attached hydrogens (tertiary/aromatic N) is 3. The SMILES string of the molecule is CC(C)(C)c1ccc(N2c3cc(C(C)(C)C)cc4[c]3[Sn]3([c]5ccccc5)[c]5c2cc(C(C)(C)C)cc5N(c2ccc(C(C)(C)C)cc2)c2cc(C(C)(C)C)cc([c]23)N4c2ccc(C(C)(C)C)cc2)cc1. The van der Waals surface area contributed by atoms with E-state index in [1.165, 1.54) is 98.9 Å². The summed E-state index contributed by atoms with van der Waals surface area (Å²) in [5, 5.41) is 0. The first kappa shape index (κ1) is 48.4. The molecule has 3 heterocycles. The average Bonchev–Trinajstić information content (AvgIpc) is 3.27. The molecule has 3 aliphatic heterocycles. The van der Waals surface area contributed by atoms with Crippen molar-refractivity contribution in [2.75, 3.05) is 14.7 Å². The molecule has 0 unspecified atom stereocenters. The van der Waals surface area contributed by atoms with Gasteiger partial charge in [0.25, 0.3) is 0 Å². The van der Waals surface area contributed by atoms with Gasteiger partial charge >= 0.3 is 429 Å². The molecule has 0 saturated heterocycles. The van der Waals surface area contributed by atoms with E-state index in [0.29, 0.717) is 0 Å². The van der Waals surface area contributed by atoms with E-state index in [1.807, 2.05) is 0 Å². The standard InChI is InChI=1S/C60H72N3.C6H5.Sn/c1-55(2,3)40-19-25-46(26-20-40)61-49-31-43(58(10,11)12)33-51(37-49)62(47-27-21-41(22-28-47)56(4,5)6)53-35-45(60(16,17)18)36-54(39-53)63(48-29-23-42(24-30-48)57(7,8)9)52-34-44(59(13,14)15)32-50(61)38-52;1-2-4-6-5-3-1;/h19-36H,1-18H3;1-5H;. The summed E-state index contributed by atoms with van der Waals surface area (Å²) in [7, 11) is 0. The summed E-state index contributed by atoms with van der Waals surface area (Å²) in [4.78, 5) is 8.11. The van der Waals surface area contributed by atoms with Crippen molar-refractivity contribution in [3.63, 3.8) is 0 Å². The van der Waals surface area contributed by atoms with Crippen LogP contribution in [0.4, 0.5) is 51.2 Å². The zero-order chi connectivity index (χ0) is 50.5. The van der Waals surface area contributed by atoms with Crippen LogP contribution < -0.4 is 29.0 Å². The Kier molecular flexibility index (Phi) is 11.0. The molecule has 0 bridgehead atoms. The second-order valence-corrected chi connectivity index (χ2v) is 37.1. The van der Waals surface area contributed by atoms with Crippen molar-refractivity contribution >= 4 is 83.9 Å². The van der Waals surface area contributed by atoms with Gasteiger partial charge < -0.3 is 0 Å². The Hall–Kier alpha value is -5.26. The Morgan fingerprint density at radius 3 is 0.671 bits per heavy atom. The molecule has 3 nitrogen and oxygen atoms in total. The fraction of sp³-hybridized carbons (Fsp3) is 0.364. The van der Waals surface area contributed by atoms with Gasteiger partial charge in [0.05, 0.1) is 0 Å². The van der Waals surface area contributed by atoms with Crippen LogP contribution in [0.1, 0.15) is 158 Å². The van der Waals surface area contributed by atoms with Crippen LogP contribution in [0.15, 0.2) is 140 Å². The molecule has 4 heteroatoms. The monoisotopic (exact) mass is 1030 g/mol. The van der Waals surface area contributed by atoms with E-state index in [4.69, 9.17) is 0 Å². The summed E-state index contributed by atoms with van der Waals surface area (Å²) in [6.07, 6.45) is 0. The van der Waals surface area contributed by atoms with E-state index in [0.717, 1.165) is 0 Å². The molecule has 70 heavy (non-hydrogen) atoms. The van der Waals surface area contributed by atoms with Crippen LogP contribution in [0.2, 0.25) is 0 Å². The van der Waals surface area contributed by atoms with Crippen LogP contribution in [0.3, 0.4) is 0 Å². The summed E-state index contributed by atoms with van der Waals surface area (Å²) >= 11 is -4.55. The van der Waals surface area contributed by atoms with Gasteiger partial charge in [-0.05, 0) is 0 Å². The fourth-order valence-corrected chi connectivity index (χ4v) is 27.7. The molecule has 0 atom stereocenters. The molecule has 360 valence electrons. The first-order valence-electron chi connectivity index (χ1n) is 25.9. The van der Waals surface area contributed by atoms with E-state index in [9.17, 15) is 0 Å². The molecular formula is C66H77N3Sn. The third-order valence-corrected chi connectivity index (χ3v) is 29.9. The number of benzene rings is 7. The van der Waals surface area contributed by atoms with Crippen molar-refractivity contribution in [1.82, 2.24) is 0 Å². The van der Waals surface area contributed by atoms with Gasteiger partial charge in [0.1, 0.15) is 0 Å². The Morgan fingerprint density at radius 1 is 0.257 bits per heavy atom. The van der Waals surface area contributed by atoms with E-state index >= 15 is 0 Å². The molecule has 10 rings (SSSR count). The van der Waals surface area contributed by atoms with Crippen molar-refractivity contribution in [3.05, 3.63) is 173 Å². The molecule has 0 N–H and O–H groups in total. The molecule has 0 saturated carbocycles. The molecule has 0 spiro atoms. The van der Waals surface area contributed by atoms with Gasteiger partial charge in [0.15, 0.2) is 0 Å². The third kappa shape index (κ3) is 7.66. The molecule has 0 aromatic heterocycles.